The fourth-order valence-electron chi connectivity index (χ4n) is 9.50. The lowest BCUT2D eigenvalue weighted by molar-refractivity contribution is 0.331. The smallest absolute Gasteiger partial charge is 0.238 e. The molecule has 0 N–H and O–H groups in total. The lowest BCUT2D eigenvalue weighted by Gasteiger charge is -2.43. The van der Waals surface area contributed by atoms with Crippen molar-refractivity contribution in [1.29, 1.82) is 0 Å². The molecule has 270 valence electrons. The Bertz CT molecular complexity index is 3200. The lowest BCUT2D eigenvalue weighted by atomic mass is 9.62. The van der Waals surface area contributed by atoms with Crippen LogP contribution in [0.5, 0.6) is 0 Å². The third-order valence-corrected chi connectivity index (χ3v) is 12.4. The maximum Gasteiger partial charge on any atom is 0.238 e. The summed E-state index contributed by atoms with van der Waals surface area (Å²) in [5, 5.41) is 7.16. The molecule has 7 aromatic carbocycles. The van der Waals surface area contributed by atoms with Gasteiger partial charge in [0.1, 0.15) is 0 Å². The van der Waals surface area contributed by atoms with E-state index >= 15 is 0 Å². The first-order valence-electron chi connectivity index (χ1n) is 19.7. The molecule has 0 aliphatic heterocycles. The van der Waals surface area contributed by atoms with Crippen LogP contribution in [0.2, 0.25) is 0 Å². The predicted molar refractivity (Wildman–Crippen MR) is 232 cm³/mol. The van der Waals surface area contributed by atoms with Crippen LogP contribution in [0.15, 0.2) is 152 Å². The first-order chi connectivity index (χ1) is 27.3. The van der Waals surface area contributed by atoms with Gasteiger partial charge in [0.15, 0.2) is 11.6 Å². The molecule has 5 heteroatoms. The Morgan fingerprint density at radius 3 is 1.93 bits per heavy atom. The second-order valence-corrected chi connectivity index (χ2v) is 16.7. The van der Waals surface area contributed by atoms with Gasteiger partial charge < -0.3 is 4.57 Å². The summed E-state index contributed by atoms with van der Waals surface area (Å²) >= 11 is 0. The highest BCUT2D eigenvalue weighted by atomic mass is 15.2. The Morgan fingerprint density at radius 2 is 1.12 bits per heavy atom. The summed E-state index contributed by atoms with van der Waals surface area (Å²) < 4.78 is 4.81. The molecule has 0 saturated heterocycles. The second-order valence-electron chi connectivity index (χ2n) is 16.7. The molecule has 0 fully saturated rings. The van der Waals surface area contributed by atoms with Crippen molar-refractivity contribution in [1.82, 2.24) is 24.1 Å². The van der Waals surface area contributed by atoms with Gasteiger partial charge in [-0.3, -0.25) is 4.57 Å². The van der Waals surface area contributed by atoms with Crippen molar-refractivity contribution >= 4 is 54.4 Å². The van der Waals surface area contributed by atoms with Crippen molar-refractivity contribution in [3.8, 4) is 34.4 Å². The molecule has 56 heavy (non-hydrogen) atoms. The minimum absolute atomic E-state index is 0.0128. The number of hydrogen-bond acceptors (Lipinski definition) is 3. The summed E-state index contributed by atoms with van der Waals surface area (Å²) in [5.41, 5.74) is 10.7. The van der Waals surface area contributed by atoms with E-state index in [1.165, 1.54) is 55.8 Å². The highest BCUT2D eigenvalue weighted by Gasteiger charge is 2.39. The molecule has 5 nitrogen and oxygen atoms in total. The first-order valence-corrected chi connectivity index (χ1v) is 19.7. The molecule has 1 aliphatic rings. The Balaban J connectivity index is 1.26. The molecule has 1 aliphatic carbocycles. The molecule has 0 bridgehead atoms. The van der Waals surface area contributed by atoms with Gasteiger partial charge in [-0.1, -0.05) is 149 Å². The number of hydrogen-bond donors (Lipinski definition) is 0. The zero-order valence-electron chi connectivity index (χ0n) is 32.1. The molecule has 0 amide bonds. The normalized spacial score (nSPS) is 14.9. The van der Waals surface area contributed by atoms with Crippen LogP contribution in [-0.4, -0.2) is 24.1 Å². The van der Waals surface area contributed by atoms with Gasteiger partial charge in [0.2, 0.25) is 5.95 Å². The van der Waals surface area contributed by atoms with E-state index in [1.807, 2.05) is 18.2 Å². The average molecular weight is 724 g/mol. The van der Waals surface area contributed by atoms with Crippen LogP contribution in [0.25, 0.3) is 88.8 Å². The molecule has 10 aromatic rings. The number of aromatic nitrogens is 5. The zero-order chi connectivity index (χ0) is 37.8. The van der Waals surface area contributed by atoms with E-state index in [4.69, 9.17) is 15.0 Å². The molecule has 0 radical (unpaired) electrons. The number of benzene rings is 7. The van der Waals surface area contributed by atoms with Gasteiger partial charge in [0.25, 0.3) is 0 Å². The molecule has 0 spiro atoms. The van der Waals surface area contributed by atoms with Crippen LogP contribution < -0.4 is 0 Å². The average Bonchev–Trinajstić information content (AvgIpc) is 3.75. The van der Waals surface area contributed by atoms with Crippen LogP contribution in [-0.2, 0) is 10.8 Å². The largest absolute Gasteiger partial charge is 0.308 e. The van der Waals surface area contributed by atoms with Gasteiger partial charge >= 0.3 is 0 Å². The van der Waals surface area contributed by atoms with E-state index < -0.39 is 0 Å². The summed E-state index contributed by atoms with van der Waals surface area (Å²) in [4.78, 5) is 15.7. The Hall–Kier alpha value is -6.59. The Morgan fingerprint density at radius 1 is 0.464 bits per heavy atom. The van der Waals surface area contributed by atoms with Crippen molar-refractivity contribution in [3.63, 3.8) is 0 Å². The van der Waals surface area contributed by atoms with E-state index in [-0.39, 0.29) is 10.8 Å². The van der Waals surface area contributed by atoms with E-state index in [9.17, 15) is 0 Å². The van der Waals surface area contributed by atoms with Crippen LogP contribution >= 0.6 is 0 Å². The van der Waals surface area contributed by atoms with Crippen LogP contribution in [0, 0.1) is 0 Å². The first kappa shape index (κ1) is 32.8. The second kappa shape index (κ2) is 12.0. The fourth-order valence-corrected chi connectivity index (χ4v) is 9.50. The maximum absolute atomic E-state index is 5.31. The quantitative estimate of drug-likeness (QED) is 0.182. The van der Waals surface area contributed by atoms with E-state index in [2.05, 4.69) is 170 Å². The summed E-state index contributed by atoms with van der Waals surface area (Å²) in [7, 11) is 0. The highest BCUT2D eigenvalue weighted by Crippen LogP contribution is 2.50. The Kier molecular flexibility index (Phi) is 7.00. The Labute approximate surface area is 325 Å². The number of para-hydroxylation sites is 2. The van der Waals surface area contributed by atoms with Gasteiger partial charge in [0.05, 0.1) is 27.8 Å². The monoisotopic (exact) mass is 723 g/mol. The van der Waals surface area contributed by atoms with Crippen LogP contribution in [0.1, 0.15) is 51.7 Å². The summed E-state index contributed by atoms with van der Waals surface area (Å²) in [6.07, 6.45) is 2.30. The molecule has 0 saturated carbocycles. The van der Waals surface area contributed by atoms with E-state index in [0.717, 1.165) is 39.4 Å². The van der Waals surface area contributed by atoms with Crippen molar-refractivity contribution in [2.24, 2.45) is 0 Å². The molecule has 3 aromatic heterocycles. The van der Waals surface area contributed by atoms with Crippen molar-refractivity contribution in [3.05, 3.63) is 163 Å². The predicted octanol–water partition coefficient (Wildman–Crippen LogP) is 12.9. The van der Waals surface area contributed by atoms with Crippen molar-refractivity contribution in [2.45, 2.75) is 51.4 Å². The number of rotatable bonds is 4. The third-order valence-electron chi connectivity index (χ3n) is 12.4. The van der Waals surface area contributed by atoms with Gasteiger partial charge in [-0.2, -0.15) is 9.97 Å². The molecule has 0 unspecified atom stereocenters. The maximum atomic E-state index is 5.31. The zero-order valence-corrected chi connectivity index (χ0v) is 32.1. The number of nitrogens with zero attached hydrogens (tertiary/aromatic N) is 5. The molecular weight excluding hydrogens is 683 g/mol. The fraction of sp³-hybridized carbons (Fsp3) is 0.157. The molecule has 0 atom stereocenters. The highest BCUT2D eigenvalue weighted by molar-refractivity contribution is 6.26. The molecule has 11 rings (SSSR count). The SMILES string of the molecule is CC1(C)CCC(C)(C)c2c(-n3c4ccccc4c4ccc5c(c6ccccc6n5-c5nc(-c6ccccc6)nc(-c6ccc7ccccc7c6)n5)c43)cccc21. The van der Waals surface area contributed by atoms with E-state index in [1.54, 1.807) is 0 Å². The van der Waals surface area contributed by atoms with Crippen LogP contribution in [0.3, 0.4) is 0 Å². The minimum Gasteiger partial charge on any atom is -0.308 e. The molecule has 3 heterocycles. The van der Waals surface area contributed by atoms with Crippen LogP contribution in [0.4, 0.5) is 0 Å². The van der Waals surface area contributed by atoms with Gasteiger partial charge in [-0.05, 0) is 75.9 Å². The number of fused-ring (bicyclic) bond motifs is 9. The summed E-state index contributed by atoms with van der Waals surface area (Å²) in [5.74, 6) is 1.87. The van der Waals surface area contributed by atoms with Crippen molar-refractivity contribution in [2.75, 3.05) is 0 Å². The summed E-state index contributed by atoms with van der Waals surface area (Å²) in [6.45, 7) is 9.68. The third kappa shape index (κ3) is 4.83. The lowest BCUT2D eigenvalue weighted by Crippen LogP contribution is -2.35. The van der Waals surface area contributed by atoms with Gasteiger partial charge in [0, 0.05) is 32.7 Å². The van der Waals surface area contributed by atoms with E-state index in [0.29, 0.717) is 17.6 Å². The molecular formula is C51H41N5. The van der Waals surface area contributed by atoms with Gasteiger partial charge in [-0.25, -0.2) is 4.98 Å². The standard InChI is InChI=1S/C51H41N5/c1-50(2)29-30-51(3,4)45-39(50)21-14-24-43(45)55-40-22-12-10-19-36(40)37-27-28-42-44(46(37)55)38-20-11-13-23-41(38)56(42)49-53-47(33-16-6-5-7-17-33)52-48(54-49)35-26-25-32-15-8-9-18-34(32)31-35/h5-28,31H,29-30H2,1-4H3. The minimum atomic E-state index is 0.0128. The van der Waals surface area contributed by atoms with Gasteiger partial charge in [-0.15, -0.1) is 0 Å². The van der Waals surface area contributed by atoms with Crippen molar-refractivity contribution < 1.29 is 0 Å². The summed E-state index contributed by atoms with van der Waals surface area (Å²) in [6, 6.07) is 54.3. The topological polar surface area (TPSA) is 48.5 Å².